The van der Waals surface area contributed by atoms with Crippen molar-refractivity contribution < 1.29 is 9.59 Å². The Morgan fingerprint density at radius 2 is 2.00 bits per heavy atom. The molecular formula is C13H25N3O2. The van der Waals surface area contributed by atoms with E-state index >= 15 is 0 Å². The Labute approximate surface area is 109 Å². The van der Waals surface area contributed by atoms with Gasteiger partial charge in [-0.2, -0.15) is 0 Å². The van der Waals surface area contributed by atoms with Gasteiger partial charge in [0.25, 0.3) is 0 Å². The Kier molecular flexibility index (Phi) is 5.59. The molecule has 1 rings (SSSR count). The Morgan fingerprint density at radius 3 is 2.50 bits per heavy atom. The number of amides is 2. The van der Waals surface area contributed by atoms with Crippen LogP contribution >= 0.6 is 0 Å². The number of hydrogen-bond acceptors (Lipinski definition) is 3. The van der Waals surface area contributed by atoms with Crippen molar-refractivity contribution in [3.05, 3.63) is 0 Å². The zero-order valence-electron chi connectivity index (χ0n) is 11.6. The largest absolute Gasteiger partial charge is 0.346 e. The number of carbonyl (C=O) groups excluding carboxylic acids is 2. The van der Waals surface area contributed by atoms with Crippen LogP contribution in [0.4, 0.5) is 0 Å². The summed E-state index contributed by atoms with van der Waals surface area (Å²) in [5.41, 5.74) is 5.69. The summed E-state index contributed by atoms with van der Waals surface area (Å²) in [6, 6.07) is -0.547. The van der Waals surface area contributed by atoms with Gasteiger partial charge < -0.3 is 16.0 Å². The summed E-state index contributed by atoms with van der Waals surface area (Å²) in [7, 11) is 1.78. The average molecular weight is 255 g/mol. The second-order valence-corrected chi connectivity index (χ2v) is 5.53. The maximum absolute atomic E-state index is 11.7. The van der Waals surface area contributed by atoms with E-state index in [-0.39, 0.29) is 24.3 Å². The molecule has 18 heavy (non-hydrogen) atoms. The quantitative estimate of drug-likeness (QED) is 0.689. The van der Waals surface area contributed by atoms with Crippen LogP contribution in [0, 0.1) is 11.8 Å². The minimum Gasteiger partial charge on any atom is -0.346 e. The maximum atomic E-state index is 11.7. The minimum atomic E-state index is -0.547. The molecule has 2 amide bonds. The molecule has 0 aromatic carbocycles. The molecule has 0 spiro atoms. The van der Waals surface area contributed by atoms with E-state index in [0.29, 0.717) is 0 Å². The van der Waals surface area contributed by atoms with Crippen molar-refractivity contribution in [2.75, 3.05) is 20.1 Å². The van der Waals surface area contributed by atoms with Crippen LogP contribution in [0.15, 0.2) is 0 Å². The van der Waals surface area contributed by atoms with Gasteiger partial charge in [0, 0.05) is 13.6 Å². The highest BCUT2D eigenvalue weighted by atomic mass is 16.2. The molecule has 0 radical (unpaired) electrons. The minimum absolute atomic E-state index is 0.0421. The lowest BCUT2D eigenvalue weighted by Crippen LogP contribution is -2.47. The van der Waals surface area contributed by atoms with Gasteiger partial charge in [0.15, 0.2) is 0 Å². The standard InChI is InChI=1S/C13H25N3O2/c1-9(2)12(14)13(18)15-8-11(17)16(3)7-6-10-4-5-10/h9-10,12H,4-8,14H2,1-3H3,(H,15,18)/t12-/m0/s1. The third-order valence-electron chi connectivity index (χ3n) is 3.43. The normalized spacial score (nSPS) is 16.5. The molecule has 1 saturated carbocycles. The third-order valence-corrected chi connectivity index (χ3v) is 3.43. The lowest BCUT2D eigenvalue weighted by molar-refractivity contribution is -0.132. The zero-order chi connectivity index (χ0) is 13.7. The van der Waals surface area contributed by atoms with Gasteiger partial charge >= 0.3 is 0 Å². The molecule has 5 heteroatoms. The van der Waals surface area contributed by atoms with Crippen molar-refractivity contribution in [1.82, 2.24) is 10.2 Å². The monoisotopic (exact) mass is 255 g/mol. The van der Waals surface area contributed by atoms with E-state index in [2.05, 4.69) is 5.32 Å². The van der Waals surface area contributed by atoms with Gasteiger partial charge in [-0.1, -0.05) is 26.7 Å². The molecule has 1 atom stereocenters. The van der Waals surface area contributed by atoms with Crippen LogP contribution in [-0.2, 0) is 9.59 Å². The lowest BCUT2D eigenvalue weighted by atomic mass is 10.1. The van der Waals surface area contributed by atoms with Crippen molar-refractivity contribution >= 4 is 11.8 Å². The maximum Gasteiger partial charge on any atom is 0.241 e. The number of rotatable bonds is 7. The molecule has 1 fully saturated rings. The van der Waals surface area contributed by atoms with Gasteiger partial charge in [-0.3, -0.25) is 9.59 Å². The van der Waals surface area contributed by atoms with E-state index in [4.69, 9.17) is 5.73 Å². The van der Waals surface area contributed by atoms with Gasteiger partial charge in [0.05, 0.1) is 12.6 Å². The van der Waals surface area contributed by atoms with E-state index in [9.17, 15) is 9.59 Å². The number of likely N-dealkylation sites (N-methyl/N-ethyl adjacent to an activating group) is 1. The fourth-order valence-corrected chi connectivity index (χ4v) is 1.63. The second-order valence-electron chi connectivity index (χ2n) is 5.53. The topological polar surface area (TPSA) is 75.4 Å². The van der Waals surface area contributed by atoms with Gasteiger partial charge in [-0.25, -0.2) is 0 Å². The summed E-state index contributed by atoms with van der Waals surface area (Å²) in [5, 5.41) is 2.59. The summed E-state index contributed by atoms with van der Waals surface area (Å²) >= 11 is 0. The smallest absolute Gasteiger partial charge is 0.241 e. The van der Waals surface area contributed by atoms with Gasteiger partial charge in [0.2, 0.25) is 11.8 Å². The summed E-state index contributed by atoms with van der Waals surface area (Å²) in [5.74, 6) is 0.575. The van der Waals surface area contributed by atoms with E-state index in [0.717, 1.165) is 18.9 Å². The van der Waals surface area contributed by atoms with Crippen molar-refractivity contribution in [3.8, 4) is 0 Å². The first-order chi connectivity index (χ1) is 8.41. The first-order valence-corrected chi connectivity index (χ1v) is 6.69. The molecule has 104 valence electrons. The molecule has 3 N–H and O–H groups in total. The molecule has 0 aromatic rings. The van der Waals surface area contributed by atoms with Crippen LogP contribution in [0.3, 0.4) is 0 Å². The highest BCUT2D eigenvalue weighted by Gasteiger charge is 2.22. The number of nitrogens with one attached hydrogen (secondary N) is 1. The third kappa shape index (κ3) is 5.04. The first kappa shape index (κ1) is 15.0. The Bertz CT molecular complexity index is 301. The number of carbonyl (C=O) groups is 2. The van der Waals surface area contributed by atoms with Crippen molar-refractivity contribution in [3.63, 3.8) is 0 Å². The van der Waals surface area contributed by atoms with Crippen LogP contribution in [0.1, 0.15) is 33.1 Å². The molecule has 5 nitrogen and oxygen atoms in total. The number of hydrogen-bond donors (Lipinski definition) is 2. The molecule has 0 heterocycles. The summed E-state index contributed by atoms with van der Waals surface area (Å²) in [6.07, 6.45) is 3.66. The van der Waals surface area contributed by atoms with Crippen LogP contribution in [0.5, 0.6) is 0 Å². The van der Waals surface area contributed by atoms with E-state index < -0.39 is 6.04 Å². The Hall–Kier alpha value is -1.10. The van der Waals surface area contributed by atoms with Gasteiger partial charge in [-0.05, 0) is 18.3 Å². The molecular weight excluding hydrogens is 230 g/mol. The predicted octanol–water partition coefficient (Wildman–Crippen LogP) is 0.344. The summed E-state index contributed by atoms with van der Waals surface area (Å²) in [4.78, 5) is 25.0. The van der Waals surface area contributed by atoms with E-state index in [1.54, 1.807) is 11.9 Å². The molecule has 1 aliphatic rings. The van der Waals surface area contributed by atoms with Gasteiger partial charge in [0.1, 0.15) is 0 Å². The molecule has 1 aliphatic carbocycles. The van der Waals surface area contributed by atoms with Crippen LogP contribution in [0.25, 0.3) is 0 Å². The average Bonchev–Trinajstić information content (AvgIpc) is 3.15. The molecule has 0 aliphatic heterocycles. The molecule has 0 unspecified atom stereocenters. The fraction of sp³-hybridized carbons (Fsp3) is 0.846. The molecule has 0 aromatic heterocycles. The number of nitrogens with zero attached hydrogens (tertiary/aromatic N) is 1. The van der Waals surface area contributed by atoms with Crippen molar-refractivity contribution in [2.24, 2.45) is 17.6 Å². The molecule has 0 bridgehead atoms. The lowest BCUT2D eigenvalue weighted by Gasteiger charge is -2.19. The fourth-order valence-electron chi connectivity index (χ4n) is 1.63. The van der Waals surface area contributed by atoms with Crippen molar-refractivity contribution in [1.29, 1.82) is 0 Å². The van der Waals surface area contributed by atoms with Gasteiger partial charge in [-0.15, -0.1) is 0 Å². The summed E-state index contributed by atoms with van der Waals surface area (Å²) < 4.78 is 0. The van der Waals surface area contributed by atoms with Crippen molar-refractivity contribution in [2.45, 2.75) is 39.2 Å². The number of nitrogens with two attached hydrogens (primary N) is 1. The summed E-state index contributed by atoms with van der Waals surface area (Å²) in [6.45, 7) is 4.58. The van der Waals surface area contributed by atoms with Crippen LogP contribution in [-0.4, -0.2) is 42.9 Å². The van der Waals surface area contributed by atoms with Crippen LogP contribution < -0.4 is 11.1 Å². The molecule has 0 saturated heterocycles. The second kappa shape index (κ2) is 6.73. The first-order valence-electron chi connectivity index (χ1n) is 6.69. The highest BCUT2D eigenvalue weighted by Crippen LogP contribution is 2.32. The van der Waals surface area contributed by atoms with Crippen LogP contribution in [0.2, 0.25) is 0 Å². The van der Waals surface area contributed by atoms with E-state index in [1.165, 1.54) is 12.8 Å². The Balaban J connectivity index is 2.20. The zero-order valence-corrected chi connectivity index (χ0v) is 11.6. The van der Waals surface area contributed by atoms with E-state index in [1.807, 2.05) is 13.8 Å². The highest BCUT2D eigenvalue weighted by molar-refractivity contribution is 5.87. The Morgan fingerprint density at radius 1 is 1.39 bits per heavy atom. The predicted molar refractivity (Wildman–Crippen MR) is 70.8 cm³/mol. The SMILES string of the molecule is CC(C)[C@H](N)C(=O)NCC(=O)N(C)CCC1CC1.